The van der Waals surface area contributed by atoms with Gasteiger partial charge in [-0.25, -0.2) is 0 Å². The number of fused-ring (bicyclic) bond motifs is 4. The molecule has 0 saturated heterocycles. The number of carboxylic acids is 1. The van der Waals surface area contributed by atoms with Gasteiger partial charge in [-0.15, -0.1) is 0 Å². The standard InChI is InChI=1S/C30H42O7/c1-15(10-17(31)11-16(2)26(36)37)18-12-23(35)30(7)25-19(32)13-21-27(3,4)22(34)8-9-28(21,5)24(25)20(33)14-29(18,30)6/h15-16,18-19,21,32H,8-14H2,1-7H3,(H,36,37)/t15-,16?,18-,19+,21?,28+,29-,30+/m1/s1. The van der Waals surface area contributed by atoms with E-state index >= 15 is 0 Å². The summed E-state index contributed by atoms with van der Waals surface area (Å²) >= 11 is 0. The molecule has 204 valence electrons. The Morgan fingerprint density at radius 1 is 1.00 bits per heavy atom. The maximum absolute atomic E-state index is 14.0. The second-order valence-electron chi connectivity index (χ2n) is 13.7. The first kappa shape index (κ1) is 27.9. The van der Waals surface area contributed by atoms with E-state index in [2.05, 4.69) is 0 Å². The summed E-state index contributed by atoms with van der Waals surface area (Å²) in [7, 11) is 0. The number of aliphatic carboxylic acids is 1. The highest BCUT2D eigenvalue weighted by molar-refractivity contribution is 6.05. The first-order valence-corrected chi connectivity index (χ1v) is 13.7. The number of Topliss-reactive ketones (excluding diaryl/α,β-unsaturated/α-hetero) is 4. The van der Waals surface area contributed by atoms with Crippen LogP contribution in [0.15, 0.2) is 11.1 Å². The molecule has 0 amide bonds. The second-order valence-corrected chi connectivity index (χ2v) is 13.7. The third-order valence-electron chi connectivity index (χ3n) is 11.3. The van der Waals surface area contributed by atoms with Gasteiger partial charge in [0.2, 0.25) is 0 Å². The van der Waals surface area contributed by atoms with Crippen molar-refractivity contribution in [3.05, 3.63) is 11.1 Å². The molecular weight excluding hydrogens is 472 g/mol. The summed E-state index contributed by atoms with van der Waals surface area (Å²) in [6, 6.07) is 0. The van der Waals surface area contributed by atoms with Gasteiger partial charge in [0.05, 0.1) is 17.4 Å². The largest absolute Gasteiger partial charge is 0.481 e. The molecule has 2 saturated carbocycles. The van der Waals surface area contributed by atoms with Crippen LogP contribution in [0.5, 0.6) is 0 Å². The quantitative estimate of drug-likeness (QED) is 0.540. The molecule has 2 unspecified atom stereocenters. The van der Waals surface area contributed by atoms with Gasteiger partial charge >= 0.3 is 5.97 Å². The molecule has 4 rings (SSSR count). The second kappa shape index (κ2) is 8.69. The number of rotatable bonds is 6. The van der Waals surface area contributed by atoms with Gasteiger partial charge in [0, 0.05) is 48.5 Å². The van der Waals surface area contributed by atoms with Crippen LogP contribution in [-0.4, -0.2) is 45.4 Å². The smallest absolute Gasteiger partial charge is 0.306 e. The molecule has 0 spiro atoms. The maximum Gasteiger partial charge on any atom is 0.306 e. The Labute approximate surface area is 219 Å². The molecule has 8 atom stereocenters. The molecule has 7 nitrogen and oxygen atoms in total. The number of aliphatic hydroxyl groups is 1. The van der Waals surface area contributed by atoms with Gasteiger partial charge in [-0.3, -0.25) is 24.0 Å². The van der Waals surface area contributed by atoms with Crippen LogP contribution in [0.1, 0.15) is 93.4 Å². The van der Waals surface area contributed by atoms with E-state index in [0.717, 1.165) is 0 Å². The minimum absolute atomic E-state index is 0.00884. The van der Waals surface area contributed by atoms with Crippen LogP contribution < -0.4 is 0 Å². The van der Waals surface area contributed by atoms with Crippen LogP contribution in [-0.2, 0) is 24.0 Å². The van der Waals surface area contributed by atoms with Gasteiger partial charge in [-0.05, 0) is 48.5 Å². The predicted octanol–water partition coefficient (Wildman–Crippen LogP) is 4.34. The minimum atomic E-state index is -1.04. The molecule has 4 aliphatic carbocycles. The maximum atomic E-state index is 14.0. The summed E-state index contributed by atoms with van der Waals surface area (Å²) < 4.78 is 0. The van der Waals surface area contributed by atoms with Crippen molar-refractivity contribution < 1.29 is 34.2 Å². The first-order chi connectivity index (χ1) is 16.9. The van der Waals surface area contributed by atoms with Crippen LogP contribution in [0.4, 0.5) is 0 Å². The zero-order chi connectivity index (χ0) is 27.9. The Balaban J connectivity index is 1.75. The van der Waals surface area contributed by atoms with Crippen molar-refractivity contribution in [3.8, 4) is 0 Å². The summed E-state index contributed by atoms with van der Waals surface area (Å²) in [6.07, 6.45) is 0.736. The zero-order valence-electron chi connectivity index (χ0n) is 23.3. The lowest BCUT2D eigenvalue weighted by Gasteiger charge is -2.60. The fourth-order valence-corrected chi connectivity index (χ4v) is 8.93. The molecule has 7 heteroatoms. The molecule has 0 aromatic carbocycles. The average molecular weight is 515 g/mol. The fourth-order valence-electron chi connectivity index (χ4n) is 8.93. The third kappa shape index (κ3) is 3.74. The molecule has 0 aromatic rings. The Kier molecular flexibility index (Phi) is 6.54. The molecule has 0 bridgehead atoms. The lowest BCUT2D eigenvalue weighted by atomic mass is 9.42. The number of ketones is 4. The van der Waals surface area contributed by atoms with E-state index in [1.165, 1.54) is 6.92 Å². The van der Waals surface area contributed by atoms with E-state index in [0.29, 0.717) is 30.4 Å². The molecule has 37 heavy (non-hydrogen) atoms. The summed E-state index contributed by atoms with van der Waals surface area (Å²) in [5.74, 6) is -2.49. The van der Waals surface area contributed by atoms with Gasteiger partial charge in [-0.1, -0.05) is 41.5 Å². The molecule has 0 aromatic heterocycles. The monoisotopic (exact) mass is 514 g/mol. The highest BCUT2D eigenvalue weighted by Gasteiger charge is 2.70. The summed E-state index contributed by atoms with van der Waals surface area (Å²) in [5, 5.41) is 20.7. The molecule has 0 heterocycles. The Morgan fingerprint density at radius 2 is 1.62 bits per heavy atom. The Bertz CT molecular complexity index is 1110. The number of carboxylic acid groups (broad SMARTS) is 1. The molecule has 0 aliphatic heterocycles. The van der Waals surface area contributed by atoms with Crippen molar-refractivity contribution >= 4 is 29.1 Å². The van der Waals surface area contributed by atoms with Crippen molar-refractivity contribution in [1.29, 1.82) is 0 Å². The van der Waals surface area contributed by atoms with Gasteiger partial charge in [0.15, 0.2) is 5.78 Å². The molecule has 0 radical (unpaired) electrons. The first-order valence-electron chi connectivity index (χ1n) is 13.7. The van der Waals surface area contributed by atoms with Crippen LogP contribution >= 0.6 is 0 Å². The van der Waals surface area contributed by atoms with E-state index in [4.69, 9.17) is 0 Å². The van der Waals surface area contributed by atoms with Crippen LogP contribution in [0, 0.1) is 45.3 Å². The minimum Gasteiger partial charge on any atom is -0.481 e. The van der Waals surface area contributed by atoms with E-state index < -0.39 is 39.7 Å². The van der Waals surface area contributed by atoms with Gasteiger partial charge in [0.25, 0.3) is 0 Å². The van der Waals surface area contributed by atoms with Crippen LogP contribution in [0.25, 0.3) is 0 Å². The van der Waals surface area contributed by atoms with Crippen LogP contribution in [0.2, 0.25) is 0 Å². The Hall–Kier alpha value is -2.15. The molecule has 2 N–H and O–H groups in total. The number of hydrogen-bond donors (Lipinski definition) is 2. The van der Waals surface area contributed by atoms with E-state index in [1.54, 1.807) is 0 Å². The van der Waals surface area contributed by atoms with Gasteiger partial charge in [-0.2, -0.15) is 0 Å². The lowest BCUT2D eigenvalue weighted by molar-refractivity contribution is -0.147. The summed E-state index contributed by atoms with van der Waals surface area (Å²) in [6.45, 7) is 13.1. The molecule has 4 aliphatic rings. The Morgan fingerprint density at radius 3 is 2.22 bits per heavy atom. The highest BCUT2D eigenvalue weighted by Crippen LogP contribution is 2.70. The lowest BCUT2D eigenvalue weighted by Crippen LogP contribution is -2.60. The van der Waals surface area contributed by atoms with E-state index in [1.807, 2.05) is 41.5 Å². The number of aliphatic hydroxyl groups excluding tert-OH is 1. The van der Waals surface area contributed by atoms with Gasteiger partial charge < -0.3 is 10.2 Å². The van der Waals surface area contributed by atoms with Crippen molar-refractivity contribution in [2.24, 2.45) is 45.3 Å². The number of carbonyl (C=O) groups excluding carboxylic acids is 4. The highest BCUT2D eigenvalue weighted by atomic mass is 16.4. The number of carbonyl (C=O) groups is 5. The topological polar surface area (TPSA) is 126 Å². The third-order valence-corrected chi connectivity index (χ3v) is 11.3. The van der Waals surface area contributed by atoms with Crippen molar-refractivity contribution in [2.45, 2.75) is 99.5 Å². The SMILES string of the molecule is CC(CC(=O)C[C@@H](C)[C@H]1CC(=O)[C@@]2(C)C3=C(C(=O)C[C@]12C)[C@@]1(C)CCC(=O)C(C)(C)C1C[C@@H]3O)C(=O)O. The number of hydrogen-bond acceptors (Lipinski definition) is 6. The average Bonchev–Trinajstić information content (AvgIpc) is 2.99. The van der Waals surface area contributed by atoms with E-state index in [9.17, 15) is 34.2 Å². The van der Waals surface area contributed by atoms with Gasteiger partial charge in [0.1, 0.15) is 17.3 Å². The summed E-state index contributed by atoms with van der Waals surface area (Å²) in [4.78, 5) is 64.6. The fraction of sp³-hybridized carbons (Fsp3) is 0.767. The molecular formula is C30H42O7. The number of allylic oxidation sites excluding steroid dienone is 1. The van der Waals surface area contributed by atoms with Crippen molar-refractivity contribution in [2.75, 3.05) is 0 Å². The van der Waals surface area contributed by atoms with Crippen molar-refractivity contribution in [3.63, 3.8) is 0 Å². The summed E-state index contributed by atoms with van der Waals surface area (Å²) in [5.41, 5.74) is -1.92. The zero-order valence-corrected chi connectivity index (χ0v) is 23.3. The normalized spacial score (nSPS) is 40.5. The predicted molar refractivity (Wildman–Crippen MR) is 136 cm³/mol. The van der Waals surface area contributed by atoms with Crippen molar-refractivity contribution in [1.82, 2.24) is 0 Å². The van der Waals surface area contributed by atoms with E-state index in [-0.39, 0.29) is 66.6 Å². The van der Waals surface area contributed by atoms with Crippen LogP contribution in [0.3, 0.4) is 0 Å². The molecule has 2 fully saturated rings.